The maximum absolute atomic E-state index is 13.0. The van der Waals surface area contributed by atoms with Gasteiger partial charge in [-0.15, -0.1) is 11.3 Å². The topological polar surface area (TPSA) is 107 Å². The lowest BCUT2D eigenvalue weighted by Crippen LogP contribution is -2.54. The molecule has 0 spiro atoms. The molecule has 8 nitrogen and oxygen atoms in total. The molecule has 0 radical (unpaired) electrons. The third-order valence-corrected chi connectivity index (χ3v) is 7.56. The Morgan fingerprint density at radius 3 is 2.85 bits per heavy atom. The molecule has 1 saturated carbocycles. The fraction of sp³-hybridized carbons (Fsp3) is 0.391. The summed E-state index contributed by atoms with van der Waals surface area (Å²) < 4.78 is 0. The molecule has 33 heavy (non-hydrogen) atoms. The van der Waals surface area contributed by atoms with Crippen LogP contribution in [0, 0.1) is 0 Å². The Labute approximate surface area is 199 Å². The van der Waals surface area contributed by atoms with E-state index >= 15 is 0 Å². The number of nitrogens with zero attached hydrogens (tertiary/aromatic N) is 2. The Kier molecular flexibility index (Phi) is 5.94. The molecule has 2 atom stereocenters. The minimum Gasteiger partial charge on any atom is -0.351 e. The molecular weight excluding hydrogens is 462 g/mol. The van der Waals surface area contributed by atoms with Crippen LogP contribution < -0.4 is 10.6 Å². The van der Waals surface area contributed by atoms with Crippen molar-refractivity contribution in [3.8, 4) is 0 Å². The summed E-state index contributed by atoms with van der Waals surface area (Å²) in [4.78, 5) is 48.9. The smallest absolute Gasteiger partial charge is 0.280 e. The van der Waals surface area contributed by atoms with Gasteiger partial charge in [-0.05, 0) is 37.7 Å². The van der Waals surface area contributed by atoms with Crippen LogP contribution in [0.3, 0.4) is 0 Å². The fourth-order valence-electron chi connectivity index (χ4n) is 4.45. The third-order valence-electron chi connectivity index (χ3n) is 6.24. The first-order valence-corrected chi connectivity index (χ1v) is 12.1. The number of benzene rings is 1. The van der Waals surface area contributed by atoms with E-state index in [1.807, 2.05) is 13.1 Å². The lowest BCUT2D eigenvalue weighted by molar-refractivity contribution is -0.121. The Morgan fingerprint density at radius 1 is 1.18 bits per heavy atom. The largest absolute Gasteiger partial charge is 0.351 e. The fourth-order valence-corrected chi connectivity index (χ4v) is 5.73. The predicted octanol–water partition coefficient (Wildman–Crippen LogP) is 2.92. The summed E-state index contributed by atoms with van der Waals surface area (Å²) in [5.41, 5.74) is 2.20. The van der Waals surface area contributed by atoms with Gasteiger partial charge in [-0.2, -0.15) is 0 Å². The number of rotatable bonds is 4. The first-order chi connectivity index (χ1) is 15.9. The van der Waals surface area contributed by atoms with Crippen LogP contribution in [0.4, 0.5) is 0 Å². The van der Waals surface area contributed by atoms with Crippen LogP contribution in [-0.2, 0) is 17.8 Å². The minimum atomic E-state index is -0.481. The second-order valence-electron chi connectivity index (χ2n) is 8.73. The SMILES string of the molecule is CN1CCc2nc(C(=O)NC3CC(=O)CCC3NC(=O)c3cc4cc(Cl)ccc4[nH]3)sc2C1. The van der Waals surface area contributed by atoms with Crippen molar-refractivity contribution in [1.82, 2.24) is 25.5 Å². The Hall–Kier alpha value is -2.75. The number of hydrogen-bond donors (Lipinski definition) is 3. The van der Waals surface area contributed by atoms with Gasteiger partial charge >= 0.3 is 0 Å². The van der Waals surface area contributed by atoms with Gasteiger partial charge in [0.15, 0.2) is 5.01 Å². The van der Waals surface area contributed by atoms with Crippen molar-refractivity contribution in [2.75, 3.05) is 13.6 Å². The normalized spacial score (nSPS) is 21.1. The van der Waals surface area contributed by atoms with Gasteiger partial charge in [0.25, 0.3) is 11.8 Å². The summed E-state index contributed by atoms with van der Waals surface area (Å²) in [6, 6.07) is 6.28. The molecule has 3 N–H and O–H groups in total. The first kappa shape index (κ1) is 22.1. The summed E-state index contributed by atoms with van der Waals surface area (Å²) in [6.07, 6.45) is 1.86. The number of nitrogens with one attached hydrogen (secondary N) is 3. The molecule has 10 heteroatoms. The Morgan fingerprint density at radius 2 is 2.00 bits per heavy atom. The van der Waals surface area contributed by atoms with E-state index in [-0.39, 0.29) is 30.1 Å². The molecule has 1 fully saturated rings. The van der Waals surface area contributed by atoms with Gasteiger partial charge < -0.3 is 20.5 Å². The lowest BCUT2D eigenvalue weighted by Gasteiger charge is -2.31. The van der Waals surface area contributed by atoms with E-state index < -0.39 is 6.04 Å². The predicted molar refractivity (Wildman–Crippen MR) is 127 cm³/mol. The maximum Gasteiger partial charge on any atom is 0.280 e. The summed E-state index contributed by atoms with van der Waals surface area (Å²) in [5, 5.41) is 7.80. The monoisotopic (exact) mass is 485 g/mol. The van der Waals surface area contributed by atoms with Crippen LogP contribution in [0.5, 0.6) is 0 Å². The van der Waals surface area contributed by atoms with Gasteiger partial charge in [-0.25, -0.2) is 4.98 Å². The van der Waals surface area contributed by atoms with Crippen LogP contribution in [0.15, 0.2) is 24.3 Å². The molecule has 1 aliphatic carbocycles. The standard InChI is InChI=1S/C23H24ClN5O3S/c1-29-7-6-17-20(11-29)33-23(28-17)22(32)27-18-10-14(30)3-5-16(18)26-21(31)19-9-12-8-13(24)2-4-15(12)25-19/h2,4,8-9,16,18,25H,3,5-7,10-11H2,1H3,(H,26,31)(H,27,32). The number of thiazole rings is 1. The zero-order chi connectivity index (χ0) is 23.1. The van der Waals surface area contributed by atoms with Crippen molar-refractivity contribution in [2.45, 2.75) is 44.3 Å². The average molecular weight is 486 g/mol. The highest BCUT2D eigenvalue weighted by molar-refractivity contribution is 7.13. The molecular formula is C23H24ClN5O3S. The van der Waals surface area contributed by atoms with Gasteiger partial charge in [-0.1, -0.05) is 11.6 Å². The molecule has 0 saturated heterocycles. The summed E-state index contributed by atoms with van der Waals surface area (Å²) in [7, 11) is 2.05. The number of H-pyrrole nitrogens is 1. The summed E-state index contributed by atoms with van der Waals surface area (Å²) in [5.74, 6) is -0.504. The van der Waals surface area contributed by atoms with Crippen molar-refractivity contribution >= 4 is 51.4 Å². The lowest BCUT2D eigenvalue weighted by atomic mass is 9.89. The molecule has 1 aromatic carbocycles. The van der Waals surface area contributed by atoms with E-state index in [0.717, 1.165) is 41.0 Å². The summed E-state index contributed by atoms with van der Waals surface area (Å²) in [6.45, 7) is 1.71. The van der Waals surface area contributed by atoms with E-state index in [0.29, 0.717) is 28.6 Å². The van der Waals surface area contributed by atoms with Crippen molar-refractivity contribution in [3.05, 3.63) is 50.6 Å². The van der Waals surface area contributed by atoms with Crippen molar-refractivity contribution in [3.63, 3.8) is 0 Å². The number of fused-ring (bicyclic) bond motifs is 2. The van der Waals surface area contributed by atoms with Crippen LogP contribution in [-0.4, -0.2) is 58.1 Å². The number of ketones is 1. The third kappa shape index (κ3) is 4.66. The van der Waals surface area contributed by atoms with E-state index in [4.69, 9.17) is 11.6 Å². The maximum atomic E-state index is 13.0. The molecule has 1 aliphatic heterocycles. The number of likely N-dealkylation sites (N-methyl/N-ethyl adjacent to an activating group) is 1. The van der Waals surface area contributed by atoms with Gasteiger partial charge in [0.2, 0.25) is 0 Å². The number of aromatic amines is 1. The molecule has 5 rings (SSSR count). The quantitative estimate of drug-likeness (QED) is 0.526. The molecule has 2 aliphatic rings. The Balaban J connectivity index is 1.30. The van der Waals surface area contributed by atoms with E-state index in [1.54, 1.807) is 18.2 Å². The Bertz CT molecular complexity index is 1250. The highest BCUT2D eigenvalue weighted by Gasteiger charge is 2.33. The van der Waals surface area contributed by atoms with Gasteiger partial charge in [0.1, 0.15) is 11.5 Å². The number of carbonyl (C=O) groups is 3. The second kappa shape index (κ2) is 8.89. The molecule has 3 aromatic rings. The number of halogens is 1. The zero-order valence-corrected chi connectivity index (χ0v) is 19.7. The average Bonchev–Trinajstić information content (AvgIpc) is 3.39. The molecule has 2 unspecified atom stereocenters. The molecule has 172 valence electrons. The van der Waals surface area contributed by atoms with Gasteiger partial charge in [0.05, 0.1) is 17.8 Å². The van der Waals surface area contributed by atoms with Gasteiger partial charge in [0, 0.05) is 53.2 Å². The van der Waals surface area contributed by atoms with Crippen LogP contribution in [0.25, 0.3) is 10.9 Å². The van der Waals surface area contributed by atoms with E-state index in [9.17, 15) is 14.4 Å². The number of carbonyl (C=O) groups excluding carboxylic acids is 3. The number of amides is 2. The number of hydrogen-bond acceptors (Lipinski definition) is 6. The minimum absolute atomic E-state index is 0.0751. The molecule has 0 bridgehead atoms. The van der Waals surface area contributed by atoms with Crippen molar-refractivity contribution in [2.24, 2.45) is 0 Å². The number of aromatic nitrogens is 2. The highest BCUT2D eigenvalue weighted by Crippen LogP contribution is 2.25. The number of Topliss-reactive ketones (excluding diaryl/α,β-unsaturated/α-hetero) is 1. The van der Waals surface area contributed by atoms with Crippen LogP contribution >= 0.6 is 22.9 Å². The first-order valence-electron chi connectivity index (χ1n) is 10.9. The van der Waals surface area contributed by atoms with Crippen molar-refractivity contribution in [1.29, 1.82) is 0 Å². The van der Waals surface area contributed by atoms with E-state index in [1.165, 1.54) is 11.3 Å². The summed E-state index contributed by atoms with van der Waals surface area (Å²) >= 11 is 7.44. The second-order valence-corrected chi connectivity index (χ2v) is 10.3. The van der Waals surface area contributed by atoms with Crippen LogP contribution in [0.2, 0.25) is 5.02 Å². The molecule has 2 aromatic heterocycles. The van der Waals surface area contributed by atoms with E-state index in [2.05, 4.69) is 25.5 Å². The molecule has 3 heterocycles. The molecule has 2 amide bonds. The van der Waals surface area contributed by atoms with Crippen molar-refractivity contribution < 1.29 is 14.4 Å². The zero-order valence-electron chi connectivity index (χ0n) is 18.1. The van der Waals surface area contributed by atoms with Gasteiger partial charge in [-0.3, -0.25) is 14.4 Å². The highest BCUT2D eigenvalue weighted by atomic mass is 35.5. The van der Waals surface area contributed by atoms with Crippen LogP contribution in [0.1, 0.15) is 50.1 Å².